The maximum absolute atomic E-state index is 13.3. The smallest absolute Gasteiger partial charge is 0.315 e. The standard InChI is InChI=1S/C13H9FN6O3/c14-5-1-2-8-6(3-5)10(13(23)16-8)18-20-12(22)9-4-7(15)11(21)19-17-9/h1-4,7,16,23H,15H2. The van der Waals surface area contributed by atoms with Crippen molar-refractivity contribution in [3.05, 3.63) is 35.8 Å². The molecule has 1 aromatic heterocycles. The number of aromatic amines is 1. The van der Waals surface area contributed by atoms with Crippen molar-refractivity contribution in [3.8, 4) is 5.88 Å². The molecule has 1 aliphatic heterocycles. The Morgan fingerprint density at radius 2 is 2.17 bits per heavy atom. The van der Waals surface area contributed by atoms with Crippen molar-refractivity contribution in [2.45, 2.75) is 6.04 Å². The molecule has 9 nitrogen and oxygen atoms in total. The fourth-order valence-corrected chi connectivity index (χ4v) is 1.94. The van der Waals surface area contributed by atoms with Crippen LogP contribution in [0.3, 0.4) is 0 Å². The van der Waals surface area contributed by atoms with Gasteiger partial charge in [0.15, 0.2) is 11.4 Å². The van der Waals surface area contributed by atoms with Gasteiger partial charge in [0.25, 0.3) is 5.91 Å². The monoisotopic (exact) mass is 316 g/mol. The second-order valence-corrected chi connectivity index (χ2v) is 4.63. The van der Waals surface area contributed by atoms with E-state index < -0.39 is 23.7 Å². The molecule has 10 heteroatoms. The number of carbonyl (C=O) groups excluding carboxylic acids is 2. The molecule has 1 aromatic carbocycles. The van der Waals surface area contributed by atoms with Gasteiger partial charge in [0, 0.05) is 5.39 Å². The number of aromatic nitrogens is 1. The van der Waals surface area contributed by atoms with Gasteiger partial charge in [-0.1, -0.05) is 0 Å². The van der Waals surface area contributed by atoms with Crippen molar-refractivity contribution < 1.29 is 19.1 Å². The second-order valence-electron chi connectivity index (χ2n) is 4.63. The van der Waals surface area contributed by atoms with E-state index in [1.165, 1.54) is 12.1 Å². The Kier molecular flexibility index (Phi) is 3.50. The Morgan fingerprint density at radius 3 is 2.91 bits per heavy atom. The van der Waals surface area contributed by atoms with Crippen LogP contribution in [-0.2, 0) is 9.59 Å². The first kappa shape index (κ1) is 14.7. The van der Waals surface area contributed by atoms with E-state index in [-0.39, 0.29) is 22.7 Å². The highest BCUT2D eigenvalue weighted by molar-refractivity contribution is 5.98. The van der Waals surface area contributed by atoms with Gasteiger partial charge in [-0.15, -0.1) is 20.5 Å². The number of nitrogens with zero attached hydrogens (tertiary/aromatic N) is 4. The molecule has 116 valence electrons. The number of carbonyl (C=O) groups is 2. The predicted molar refractivity (Wildman–Crippen MR) is 75.4 cm³/mol. The van der Waals surface area contributed by atoms with Gasteiger partial charge in [0.2, 0.25) is 5.88 Å². The van der Waals surface area contributed by atoms with E-state index in [2.05, 4.69) is 25.4 Å². The van der Waals surface area contributed by atoms with Gasteiger partial charge >= 0.3 is 5.91 Å². The third-order valence-corrected chi connectivity index (χ3v) is 3.05. The number of H-pyrrole nitrogens is 1. The van der Waals surface area contributed by atoms with Crippen LogP contribution in [0.25, 0.3) is 10.9 Å². The van der Waals surface area contributed by atoms with E-state index in [4.69, 9.17) is 5.73 Å². The zero-order valence-electron chi connectivity index (χ0n) is 11.4. The molecule has 1 unspecified atom stereocenters. The van der Waals surface area contributed by atoms with Crippen molar-refractivity contribution in [1.29, 1.82) is 0 Å². The summed E-state index contributed by atoms with van der Waals surface area (Å²) in [6.07, 6.45) is 1.10. The molecule has 2 aromatic rings. The Balaban J connectivity index is 1.92. The average Bonchev–Trinajstić information content (AvgIpc) is 2.82. The zero-order valence-corrected chi connectivity index (χ0v) is 11.4. The summed E-state index contributed by atoms with van der Waals surface area (Å²) < 4.78 is 13.3. The molecular formula is C13H9FN6O3. The summed E-state index contributed by atoms with van der Waals surface area (Å²) in [6, 6.07) is 2.68. The zero-order chi connectivity index (χ0) is 16.6. The Hall–Kier alpha value is -3.27. The SMILES string of the molecule is NC1C=C(C(=O)N=Nc2c(O)[nH]c3ccc(F)cc23)N=NC1=O. The number of halogens is 1. The summed E-state index contributed by atoms with van der Waals surface area (Å²) >= 11 is 0. The number of azo groups is 2. The fourth-order valence-electron chi connectivity index (χ4n) is 1.94. The summed E-state index contributed by atoms with van der Waals surface area (Å²) in [5.74, 6) is -2.48. The summed E-state index contributed by atoms with van der Waals surface area (Å²) in [4.78, 5) is 25.5. The molecule has 2 heterocycles. The molecule has 2 amide bonds. The van der Waals surface area contributed by atoms with Crippen LogP contribution in [-0.4, -0.2) is 27.9 Å². The average molecular weight is 316 g/mol. The third kappa shape index (κ3) is 2.74. The molecule has 0 aliphatic carbocycles. The molecule has 0 saturated carbocycles. The van der Waals surface area contributed by atoms with E-state index in [0.29, 0.717) is 5.52 Å². The van der Waals surface area contributed by atoms with Crippen molar-refractivity contribution in [2.24, 2.45) is 26.2 Å². The maximum atomic E-state index is 13.3. The number of nitrogens with two attached hydrogens (primary N) is 1. The van der Waals surface area contributed by atoms with Crippen LogP contribution < -0.4 is 5.73 Å². The molecule has 0 bridgehead atoms. The van der Waals surface area contributed by atoms with Gasteiger partial charge in [0.1, 0.15) is 11.9 Å². The largest absolute Gasteiger partial charge is 0.493 e. The van der Waals surface area contributed by atoms with Crippen molar-refractivity contribution in [1.82, 2.24) is 4.98 Å². The minimum atomic E-state index is -1.07. The van der Waals surface area contributed by atoms with Crippen molar-refractivity contribution in [3.63, 3.8) is 0 Å². The summed E-state index contributed by atoms with van der Waals surface area (Å²) in [6.45, 7) is 0. The maximum Gasteiger partial charge on any atom is 0.315 e. The van der Waals surface area contributed by atoms with Crippen LogP contribution in [0.15, 0.2) is 50.4 Å². The molecule has 3 rings (SSSR count). The minimum Gasteiger partial charge on any atom is -0.493 e. The number of hydrogen-bond acceptors (Lipinski definition) is 6. The van der Waals surface area contributed by atoms with Crippen LogP contribution in [0, 0.1) is 5.82 Å². The highest BCUT2D eigenvalue weighted by atomic mass is 19.1. The molecule has 1 aliphatic rings. The molecule has 4 N–H and O–H groups in total. The Morgan fingerprint density at radius 1 is 1.39 bits per heavy atom. The number of benzene rings is 1. The summed E-state index contributed by atoms with van der Waals surface area (Å²) in [5, 5.41) is 23.6. The molecule has 0 radical (unpaired) electrons. The predicted octanol–water partition coefficient (Wildman–Crippen LogP) is 1.83. The number of nitrogens with one attached hydrogen (secondary N) is 1. The molecule has 0 saturated heterocycles. The molecule has 0 spiro atoms. The number of hydrogen-bond donors (Lipinski definition) is 3. The first-order chi connectivity index (χ1) is 11.0. The lowest BCUT2D eigenvalue weighted by Crippen LogP contribution is -2.29. The van der Waals surface area contributed by atoms with Crippen LogP contribution in [0.2, 0.25) is 0 Å². The minimum absolute atomic E-state index is 0.0958. The first-order valence-corrected chi connectivity index (χ1v) is 6.35. The second kappa shape index (κ2) is 5.50. The number of aromatic hydroxyl groups is 1. The van der Waals surface area contributed by atoms with Gasteiger partial charge in [-0.25, -0.2) is 4.39 Å². The van der Waals surface area contributed by atoms with E-state index in [9.17, 15) is 19.1 Å². The molecule has 0 fully saturated rings. The third-order valence-electron chi connectivity index (χ3n) is 3.05. The van der Waals surface area contributed by atoms with Crippen LogP contribution in [0.5, 0.6) is 5.88 Å². The lowest BCUT2D eigenvalue weighted by molar-refractivity contribution is -0.119. The summed E-state index contributed by atoms with van der Waals surface area (Å²) in [7, 11) is 0. The van der Waals surface area contributed by atoms with Gasteiger partial charge in [0.05, 0.1) is 5.52 Å². The van der Waals surface area contributed by atoms with Crippen molar-refractivity contribution >= 4 is 28.4 Å². The molecule has 23 heavy (non-hydrogen) atoms. The topological polar surface area (TPSA) is 146 Å². The van der Waals surface area contributed by atoms with Crippen LogP contribution in [0.1, 0.15) is 0 Å². The van der Waals surface area contributed by atoms with Crippen LogP contribution >= 0.6 is 0 Å². The number of rotatable bonds is 2. The van der Waals surface area contributed by atoms with Gasteiger partial charge in [-0.05, 0) is 24.3 Å². The highest BCUT2D eigenvalue weighted by Gasteiger charge is 2.21. The molecule has 1 atom stereocenters. The van der Waals surface area contributed by atoms with Gasteiger partial charge in [-0.2, -0.15) is 0 Å². The summed E-state index contributed by atoms with van der Waals surface area (Å²) in [5.41, 5.74) is 5.51. The van der Waals surface area contributed by atoms with E-state index >= 15 is 0 Å². The lowest BCUT2D eigenvalue weighted by Gasteiger charge is -2.05. The Bertz CT molecular complexity index is 914. The normalized spacial score (nSPS) is 17.9. The highest BCUT2D eigenvalue weighted by Crippen LogP contribution is 2.35. The Labute approximate surface area is 127 Å². The van der Waals surface area contributed by atoms with E-state index in [0.717, 1.165) is 12.1 Å². The number of fused-ring (bicyclic) bond motifs is 1. The molecular weight excluding hydrogens is 307 g/mol. The fraction of sp³-hybridized carbons (Fsp3) is 0.0769. The lowest BCUT2D eigenvalue weighted by atomic mass is 10.2. The van der Waals surface area contributed by atoms with E-state index in [1.54, 1.807) is 0 Å². The number of amides is 2. The van der Waals surface area contributed by atoms with Gasteiger partial charge in [-0.3, -0.25) is 9.59 Å². The quantitative estimate of drug-likeness (QED) is 0.725. The van der Waals surface area contributed by atoms with Crippen molar-refractivity contribution in [2.75, 3.05) is 0 Å². The van der Waals surface area contributed by atoms with Crippen LogP contribution in [0.4, 0.5) is 10.1 Å². The van der Waals surface area contributed by atoms with Gasteiger partial charge < -0.3 is 15.8 Å². The first-order valence-electron chi connectivity index (χ1n) is 6.35. The van der Waals surface area contributed by atoms with E-state index in [1.807, 2.05) is 0 Å².